The summed E-state index contributed by atoms with van der Waals surface area (Å²) in [6, 6.07) is 14.7. The van der Waals surface area contributed by atoms with Crippen LogP contribution < -0.4 is 15.6 Å². The molecule has 2 aromatic carbocycles. The van der Waals surface area contributed by atoms with Gasteiger partial charge in [-0.3, -0.25) is 5.43 Å². The predicted octanol–water partition coefficient (Wildman–Crippen LogP) is 5.56. The number of alkyl halides is 4. The van der Waals surface area contributed by atoms with Crippen LogP contribution in [0.4, 0.5) is 17.6 Å². The van der Waals surface area contributed by atoms with Crippen LogP contribution in [0.2, 0.25) is 0 Å². The molecule has 0 fully saturated rings. The predicted molar refractivity (Wildman–Crippen MR) is 110 cm³/mol. The second-order valence-electron chi connectivity index (χ2n) is 6.00. The zero-order chi connectivity index (χ0) is 22.4. The van der Waals surface area contributed by atoms with Crippen LogP contribution in [-0.4, -0.2) is 32.3 Å². The highest BCUT2D eigenvalue weighted by atomic mass is 19.3. The lowest BCUT2D eigenvalue weighted by atomic mass is 9.99. The molecule has 0 aromatic heterocycles. The zero-order valence-corrected chi connectivity index (χ0v) is 17.5. The van der Waals surface area contributed by atoms with Crippen LogP contribution in [-0.2, 0) is 4.74 Å². The Morgan fingerprint density at radius 2 is 1.63 bits per heavy atom. The van der Waals surface area contributed by atoms with Crippen LogP contribution in [0.1, 0.15) is 44.4 Å². The molecule has 0 saturated carbocycles. The molecule has 0 amide bonds. The Labute approximate surface area is 175 Å². The summed E-state index contributed by atoms with van der Waals surface area (Å²) in [7, 11) is 0. The van der Waals surface area contributed by atoms with E-state index in [1.165, 1.54) is 18.2 Å². The maximum absolute atomic E-state index is 13.2. The molecule has 0 heterocycles. The van der Waals surface area contributed by atoms with Crippen molar-refractivity contribution in [2.75, 3.05) is 19.8 Å². The Morgan fingerprint density at radius 3 is 2.27 bits per heavy atom. The van der Waals surface area contributed by atoms with Crippen molar-refractivity contribution in [3.8, 4) is 5.75 Å². The van der Waals surface area contributed by atoms with Gasteiger partial charge in [0.15, 0.2) is 0 Å². The van der Waals surface area contributed by atoms with E-state index >= 15 is 0 Å². The lowest BCUT2D eigenvalue weighted by Gasteiger charge is -2.22. The van der Waals surface area contributed by atoms with Crippen molar-refractivity contribution < 1.29 is 27.0 Å². The van der Waals surface area contributed by atoms with Crippen molar-refractivity contribution in [2.24, 2.45) is 0 Å². The number of ether oxygens (including phenoxy) is 2. The summed E-state index contributed by atoms with van der Waals surface area (Å²) in [5.41, 5.74) is 7.70. The Morgan fingerprint density at radius 1 is 0.967 bits per heavy atom. The van der Waals surface area contributed by atoms with Gasteiger partial charge < -0.3 is 9.47 Å². The summed E-state index contributed by atoms with van der Waals surface area (Å²) in [5, 5.41) is 0. The van der Waals surface area contributed by atoms with Crippen LogP contribution in [0.15, 0.2) is 54.6 Å². The van der Waals surface area contributed by atoms with E-state index in [2.05, 4.69) is 15.6 Å². The quantitative estimate of drug-likeness (QED) is 0.263. The minimum Gasteiger partial charge on any atom is -0.428 e. The van der Waals surface area contributed by atoms with E-state index < -0.39 is 18.6 Å². The molecule has 2 N–H and O–H groups in total. The zero-order valence-electron chi connectivity index (χ0n) is 17.5. The monoisotopic (exact) mass is 430 g/mol. The first kappa shape index (κ1) is 25.9. The van der Waals surface area contributed by atoms with Crippen LogP contribution in [0.5, 0.6) is 5.75 Å². The number of hydrogen-bond acceptors (Lipinski definition) is 4. The highest BCUT2D eigenvalue weighted by molar-refractivity contribution is 5.36. The maximum Gasteiger partial charge on any atom is 0.461 e. The second kappa shape index (κ2) is 14.0. The van der Waals surface area contributed by atoms with Gasteiger partial charge in [0, 0.05) is 19.8 Å². The number of nitrogens with one attached hydrogen (secondary N) is 2. The van der Waals surface area contributed by atoms with Gasteiger partial charge in [-0.1, -0.05) is 56.3 Å². The summed E-state index contributed by atoms with van der Waals surface area (Å²) in [6.07, 6.45) is -7.68. The number of hydrazine groups is 1. The molecule has 1 unspecified atom stereocenters. The normalized spacial score (nSPS) is 12.3. The summed E-state index contributed by atoms with van der Waals surface area (Å²) in [6.45, 7) is 7.82. The van der Waals surface area contributed by atoms with Crippen LogP contribution in [0.3, 0.4) is 0 Å². The maximum atomic E-state index is 13.2. The Kier molecular flexibility index (Phi) is 12.0. The molecule has 30 heavy (non-hydrogen) atoms. The highest BCUT2D eigenvalue weighted by Crippen LogP contribution is 2.30. The fraction of sp³-hybridized carbons (Fsp3) is 0.455. The molecule has 0 aliphatic heterocycles. The first-order valence-corrected chi connectivity index (χ1v) is 10.00. The smallest absolute Gasteiger partial charge is 0.428 e. The molecule has 168 valence electrons. The third-order valence-corrected chi connectivity index (χ3v) is 3.87. The highest BCUT2D eigenvalue weighted by Gasteiger charge is 2.44. The number of halogens is 4. The van der Waals surface area contributed by atoms with Crippen molar-refractivity contribution in [1.29, 1.82) is 0 Å². The van der Waals surface area contributed by atoms with Gasteiger partial charge in [0.1, 0.15) is 5.75 Å². The van der Waals surface area contributed by atoms with E-state index in [1.807, 2.05) is 51.1 Å². The molecule has 0 spiro atoms. The molecule has 0 aliphatic carbocycles. The molecule has 8 heteroatoms. The minimum absolute atomic E-state index is 0.332. The lowest BCUT2D eigenvalue weighted by Crippen LogP contribution is -2.37. The average molecular weight is 430 g/mol. The molecule has 0 saturated heterocycles. The Balaban J connectivity index is 0.00000218. The summed E-state index contributed by atoms with van der Waals surface area (Å²) >= 11 is 0. The molecule has 0 aliphatic rings. The molecular formula is C22H30F4N2O2. The number of rotatable bonds is 12. The fourth-order valence-electron chi connectivity index (χ4n) is 2.55. The third-order valence-electron chi connectivity index (χ3n) is 3.87. The largest absolute Gasteiger partial charge is 0.461 e. The van der Waals surface area contributed by atoms with Crippen molar-refractivity contribution in [3.63, 3.8) is 0 Å². The topological polar surface area (TPSA) is 42.5 Å². The van der Waals surface area contributed by atoms with E-state index in [0.29, 0.717) is 25.3 Å². The van der Waals surface area contributed by atoms with E-state index in [1.54, 1.807) is 6.07 Å². The van der Waals surface area contributed by atoms with Crippen molar-refractivity contribution in [2.45, 2.75) is 45.8 Å². The minimum atomic E-state index is -4.55. The second-order valence-corrected chi connectivity index (χ2v) is 6.00. The van der Waals surface area contributed by atoms with Crippen molar-refractivity contribution in [1.82, 2.24) is 10.9 Å². The van der Waals surface area contributed by atoms with Gasteiger partial charge in [-0.2, -0.15) is 17.6 Å². The van der Waals surface area contributed by atoms with E-state index in [9.17, 15) is 17.6 Å². The van der Waals surface area contributed by atoms with Gasteiger partial charge in [0.2, 0.25) is 0 Å². The molecule has 2 aromatic rings. The third kappa shape index (κ3) is 8.69. The van der Waals surface area contributed by atoms with Gasteiger partial charge in [-0.15, -0.1) is 0 Å². The van der Waals surface area contributed by atoms with E-state index in [-0.39, 0.29) is 5.75 Å². The summed E-state index contributed by atoms with van der Waals surface area (Å²) in [4.78, 5) is 0. The number of hydrogen-bond donors (Lipinski definition) is 2. The van der Waals surface area contributed by atoms with Gasteiger partial charge in [0.05, 0.1) is 6.04 Å². The van der Waals surface area contributed by atoms with Crippen molar-refractivity contribution in [3.05, 3.63) is 65.7 Å². The molecule has 2 rings (SSSR count). The Bertz CT molecular complexity index is 703. The average Bonchev–Trinajstić information content (AvgIpc) is 2.75. The van der Waals surface area contributed by atoms with E-state index in [4.69, 9.17) is 4.74 Å². The van der Waals surface area contributed by atoms with E-state index in [0.717, 1.165) is 12.0 Å². The molecule has 4 nitrogen and oxygen atoms in total. The molecule has 0 radical (unpaired) electrons. The van der Waals surface area contributed by atoms with Crippen LogP contribution in [0.25, 0.3) is 0 Å². The van der Waals surface area contributed by atoms with Gasteiger partial charge in [-0.05, 0) is 36.6 Å². The molecule has 0 bridgehead atoms. The molecule has 1 atom stereocenters. The first-order valence-electron chi connectivity index (χ1n) is 10.00. The van der Waals surface area contributed by atoms with Crippen LogP contribution >= 0.6 is 0 Å². The Hall–Kier alpha value is -2.16. The van der Waals surface area contributed by atoms with Gasteiger partial charge >= 0.3 is 12.5 Å². The lowest BCUT2D eigenvalue weighted by molar-refractivity contribution is -0.253. The summed E-state index contributed by atoms with van der Waals surface area (Å²) in [5.74, 6) is -0.332. The number of benzene rings is 2. The fourth-order valence-corrected chi connectivity index (χ4v) is 2.55. The first-order chi connectivity index (χ1) is 14.4. The molecular weight excluding hydrogens is 400 g/mol. The van der Waals surface area contributed by atoms with Gasteiger partial charge in [-0.25, -0.2) is 5.43 Å². The van der Waals surface area contributed by atoms with Gasteiger partial charge in [0.25, 0.3) is 0 Å². The van der Waals surface area contributed by atoms with Crippen molar-refractivity contribution >= 4 is 0 Å². The summed E-state index contributed by atoms with van der Waals surface area (Å²) < 4.78 is 60.8. The standard InChI is InChI=1S/C20H24F4N2O2.C2H6/c1-2-27-13-7-12-25-26-18(15-8-4-3-5-9-15)16-10-6-11-17(14-16)28-20(23,24)19(21)22;1-2/h3-6,8-11,14,18-19,25-26H,2,7,12-13H2,1H3;1-2H3. The van der Waals surface area contributed by atoms with Crippen LogP contribution in [0, 0.1) is 0 Å². The SMILES string of the molecule is CC.CCOCCCNNC(c1ccccc1)c1cccc(OC(F)(F)C(F)F)c1.